The van der Waals surface area contributed by atoms with Crippen molar-refractivity contribution in [2.45, 2.75) is 4.90 Å². The summed E-state index contributed by atoms with van der Waals surface area (Å²) in [5, 5.41) is 0.371. The lowest BCUT2D eigenvalue weighted by Gasteiger charge is -2.13. The zero-order valence-electron chi connectivity index (χ0n) is 7.77. The molecule has 0 N–H and O–H groups in total. The molecule has 4 nitrogen and oxygen atoms in total. The second-order valence-electron chi connectivity index (χ2n) is 2.55. The van der Waals surface area contributed by atoms with Crippen LogP contribution >= 0.6 is 11.6 Å². The Morgan fingerprint density at radius 1 is 1.43 bits per heavy atom. The summed E-state index contributed by atoms with van der Waals surface area (Å²) in [6, 6.07) is 6.00. The van der Waals surface area contributed by atoms with Crippen LogP contribution in [0.25, 0.3) is 0 Å². The monoisotopic (exact) mass is 235 g/mol. The standard InChI is InChI=1S/C8H10ClNO3S/c1-10(13-2)14(11,12)8-5-3-4-7(9)6-8/h3-6H,1-2H3. The van der Waals surface area contributed by atoms with Gasteiger partial charge < -0.3 is 0 Å². The molecule has 0 unspecified atom stereocenters. The molecule has 0 saturated carbocycles. The van der Waals surface area contributed by atoms with E-state index in [-0.39, 0.29) is 4.90 Å². The van der Waals surface area contributed by atoms with E-state index in [2.05, 4.69) is 4.84 Å². The van der Waals surface area contributed by atoms with Crippen molar-refractivity contribution in [1.29, 1.82) is 0 Å². The van der Waals surface area contributed by atoms with Gasteiger partial charge in [-0.25, -0.2) is 8.42 Å². The topological polar surface area (TPSA) is 46.6 Å². The van der Waals surface area contributed by atoms with Crippen LogP contribution in [-0.4, -0.2) is 27.0 Å². The highest BCUT2D eigenvalue weighted by molar-refractivity contribution is 7.89. The third-order valence-corrected chi connectivity index (χ3v) is 3.60. The second-order valence-corrected chi connectivity index (χ2v) is 4.93. The molecule has 0 saturated heterocycles. The normalized spacial score (nSPS) is 12.0. The van der Waals surface area contributed by atoms with Crippen LogP contribution in [0.2, 0.25) is 5.02 Å². The summed E-state index contributed by atoms with van der Waals surface area (Å²) >= 11 is 5.67. The van der Waals surface area contributed by atoms with E-state index in [0.29, 0.717) is 5.02 Å². The highest BCUT2D eigenvalue weighted by Crippen LogP contribution is 2.18. The summed E-state index contributed by atoms with van der Waals surface area (Å²) in [6.45, 7) is 0. The van der Waals surface area contributed by atoms with Gasteiger partial charge in [-0.1, -0.05) is 22.1 Å². The van der Waals surface area contributed by atoms with E-state index >= 15 is 0 Å². The van der Waals surface area contributed by atoms with E-state index in [4.69, 9.17) is 11.6 Å². The second kappa shape index (κ2) is 4.27. The van der Waals surface area contributed by atoms with Crippen LogP contribution in [-0.2, 0) is 14.9 Å². The maximum Gasteiger partial charge on any atom is 0.264 e. The molecular weight excluding hydrogens is 226 g/mol. The lowest BCUT2D eigenvalue weighted by molar-refractivity contribution is -0.0258. The molecular formula is C8H10ClNO3S. The number of nitrogens with zero attached hydrogens (tertiary/aromatic N) is 1. The Morgan fingerprint density at radius 3 is 2.57 bits per heavy atom. The van der Waals surface area contributed by atoms with Crippen LogP contribution in [0.3, 0.4) is 0 Å². The minimum Gasteiger partial charge on any atom is -0.288 e. The summed E-state index contributed by atoms with van der Waals surface area (Å²) in [4.78, 5) is 4.72. The first-order chi connectivity index (χ1) is 6.48. The van der Waals surface area contributed by atoms with Gasteiger partial charge >= 0.3 is 0 Å². The van der Waals surface area contributed by atoms with Gasteiger partial charge in [0, 0.05) is 12.1 Å². The summed E-state index contributed by atoms with van der Waals surface area (Å²) in [5.41, 5.74) is 0. The molecule has 0 aromatic heterocycles. The third-order valence-electron chi connectivity index (χ3n) is 1.69. The molecule has 0 aliphatic heterocycles. The average Bonchev–Trinajstić information content (AvgIpc) is 2.16. The maximum absolute atomic E-state index is 11.7. The van der Waals surface area contributed by atoms with Crippen molar-refractivity contribution in [1.82, 2.24) is 4.47 Å². The van der Waals surface area contributed by atoms with E-state index in [1.165, 1.54) is 26.3 Å². The van der Waals surface area contributed by atoms with Crippen LogP contribution < -0.4 is 0 Å². The molecule has 0 aliphatic carbocycles. The van der Waals surface area contributed by atoms with Crippen LogP contribution in [0.1, 0.15) is 0 Å². The molecule has 0 bridgehead atoms. The van der Waals surface area contributed by atoms with Crippen LogP contribution in [0.15, 0.2) is 29.2 Å². The molecule has 0 aliphatic rings. The Balaban J connectivity index is 3.17. The zero-order valence-corrected chi connectivity index (χ0v) is 9.34. The molecule has 0 heterocycles. The van der Waals surface area contributed by atoms with Gasteiger partial charge in [0.05, 0.1) is 12.0 Å². The van der Waals surface area contributed by atoms with Crippen molar-refractivity contribution >= 4 is 21.6 Å². The van der Waals surface area contributed by atoms with Gasteiger partial charge in [0.15, 0.2) is 0 Å². The highest BCUT2D eigenvalue weighted by atomic mass is 35.5. The third kappa shape index (κ3) is 2.24. The SMILES string of the molecule is CON(C)S(=O)(=O)c1cccc(Cl)c1. The molecule has 0 amide bonds. The van der Waals surface area contributed by atoms with Crippen LogP contribution in [0.4, 0.5) is 0 Å². The molecule has 0 fully saturated rings. The Bertz CT molecular complexity index is 418. The first kappa shape index (κ1) is 11.5. The predicted molar refractivity (Wildman–Crippen MR) is 53.4 cm³/mol. The number of halogens is 1. The molecule has 1 rings (SSSR count). The van der Waals surface area contributed by atoms with Crippen molar-refractivity contribution in [3.8, 4) is 0 Å². The lowest BCUT2D eigenvalue weighted by Crippen LogP contribution is -2.25. The molecule has 1 aromatic rings. The fraction of sp³-hybridized carbons (Fsp3) is 0.250. The van der Waals surface area contributed by atoms with Crippen molar-refractivity contribution < 1.29 is 13.3 Å². The van der Waals surface area contributed by atoms with Gasteiger partial charge in [-0.2, -0.15) is 0 Å². The fourth-order valence-corrected chi connectivity index (χ4v) is 2.15. The van der Waals surface area contributed by atoms with Crippen LogP contribution in [0, 0.1) is 0 Å². The average molecular weight is 236 g/mol. The number of sulfonamides is 1. The first-order valence-corrected chi connectivity index (χ1v) is 5.59. The maximum atomic E-state index is 11.7. The first-order valence-electron chi connectivity index (χ1n) is 3.77. The number of hydroxylamine groups is 1. The van der Waals surface area contributed by atoms with Crippen molar-refractivity contribution in [3.05, 3.63) is 29.3 Å². The highest BCUT2D eigenvalue weighted by Gasteiger charge is 2.20. The van der Waals surface area contributed by atoms with Gasteiger partial charge in [0.2, 0.25) is 0 Å². The van der Waals surface area contributed by atoms with E-state index in [1.807, 2.05) is 0 Å². The predicted octanol–water partition coefficient (Wildman–Crippen LogP) is 1.52. The smallest absolute Gasteiger partial charge is 0.264 e. The fourth-order valence-electron chi connectivity index (χ4n) is 0.874. The minimum atomic E-state index is -3.58. The van der Waals surface area contributed by atoms with E-state index in [1.54, 1.807) is 12.1 Å². The van der Waals surface area contributed by atoms with Gasteiger partial charge in [-0.15, -0.1) is 0 Å². The number of hydrogen-bond donors (Lipinski definition) is 0. The quantitative estimate of drug-likeness (QED) is 0.747. The Morgan fingerprint density at radius 2 is 2.07 bits per heavy atom. The van der Waals surface area contributed by atoms with E-state index < -0.39 is 10.0 Å². The summed E-state index contributed by atoms with van der Waals surface area (Å²) < 4.78 is 24.1. The summed E-state index contributed by atoms with van der Waals surface area (Å²) in [7, 11) is -0.989. The Hall–Kier alpha value is -0.620. The molecule has 0 spiro atoms. The molecule has 1 aromatic carbocycles. The van der Waals surface area contributed by atoms with Gasteiger partial charge in [0.1, 0.15) is 0 Å². The molecule has 6 heteroatoms. The van der Waals surface area contributed by atoms with Crippen molar-refractivity contribution in [2.24, 2.45) is 0 Å². The molecule has 0 radical (unpaired) electrons. The number of benzene rings is 1. The van der Waals surface area contributed by atoms with E-state index in [9.17, 15) is 8.42 Å². The number of rotatable bonds is 3. The summed E-state index contributed by atoms with van der Waals surface area (Å²) in [5.74, 6) is 0. The van der Waals surface area contributed by atoms with Crippen molar-refractivity contribution in [3.63, 3.8) is 0 Å². The number of hydrogen-bond acceptors (Lipinski definition) is 3. The van der Waals surface area contributed by atoms with Crippen molar-refractivity contribution in [2.75, 3.05) is 14.2 Å². The van der Waals surface area contributed by atoms with Crippen LogP contribution in [0.5, 0.6) is 0 Å². The Labute approximate surface area is 88.1 Å². The van der Waals surface area contributed by atoms with Gasteiger partial charge in [-0.3, -0.25) is 4.84 Å². The largest absolute Gasteiger partial charge is 0.288 e. The summed E-state index contributed by atoms with van der Waals surface area (Å²) in [6.07, 6.45) is 0. The van der Waals surface area contributed by atoms with Gasteiger partial charge in [0.25, 0.3) is 10.0 Å². The Kier molecular flexibility index (Phi) is 3.49. The molecule has 78 valence electrons. The minimum absolute atomic E-state index is 0.106. The lowest BCUT2D eigenvalue weighted by atomic mass is 10.4. The molecule has 14 heavy (non-hydrogen) atoms. The molecule has 0 atom stereocenters. The van der Waals surface area contributed by atoms with E-state index in [0.717, 1.165) is 4.47 Å². The van der Waals surface area contributed by atoms with Gasteiger partial charge in [-0.05, 0) is 18.2 Å². The zero-order chi connectivity index (χ0) is 10.8.